The van der Waals surface area contributed by atoms with Gasteiger partial charge in [-0.2, -0.15) is 20.2 Å². The van der Waals surface area contributed by atoms with Gasteiger partial charge in [0.2, 0.25) is 11.9 Å². The predicted molar refractivity (Wildman–Crippen MR) is 66.0 cm³/mol. The summed E-state index contributed by atoms with van der Waals surface area (Å²) in [6, 6.07) is 2.78. The molecule has 18 heavy (non-hydrogen) atoms. The molecule has 2 rings (SSSR count). The highest BCUT2D eigenvalue weighted by Gasteiger charge is 2.31. The molecule has 0 radical (unpaired) electrons. The normalized spacial score (nSPS) is 14.0. The Labute approximate surface area is 106 Å². The van der Waals surface area contributed by atoms with Gasteiger partial charge in [-0.05, 0) is 19.8 Å². The van der Waals surface area contributed by atoms with Crippen molar-refractivity contribution >= 4 is 11.9 Å². The second-order valence-electron chi connectivity index (χ2n) is 4.04. The fourth-order valence-corrected chi connectivity index (χ4v) is 1.69. The predicted octanol–water partition coefficient (Wildman–Crippen LogP) is 0.735. The number of nitrogens with two attached hydrogens (primary N) is 1. The van der Waals surface area contributed by atoms with E-state index in [4.69, 9.17) is 15.7 Å². The standard InChI is InChI=1S/C11H16N6O/c1-2-18-11-15-9(13)14-10(16-11)17(7-3-6-12)8-4-5-8/h8H,2-5,7H2,1H3,(H2,13,14,15,16). The highest BCUT2D eigenvalue weighted by molar-refractivity contribution is 5.39. The molecule has 1 aromatic rings. The van der Waals surface area contributed by atoms with Crippen LogP contribution in [0.4, 0.5) is 11.9 Å². The fourth-order valence-electron chi connectivity index (χ4n) is 1.69. The SMILES string of the molecule is CCOc1nc(N)nc(N(CCC#N)C2CC2)n1. The lowest BCUT2D eigenvalue weighted by molar-refractivity contribution is 0.312. The third kappa shape index (κ3) is 2.97. The molecule has 1 saturated carbocycles. The Balaban J connectivity index is 2.20. The largest absolute Gasteiger partial charge is 0.464 e. The van der Waals surface area contributed by atoms with Crippen molar-refractivity contribution in [3.63, 3.8) is 0 Å². The van der Waals surface area contributed by atoms with Crippen LogP contribution < -0.4 is 15.4 Å². The number of hydrogen-bond acceptors (Lipinski definition) is 7. The second-order valence-corrected chi connectivity index (χ2v) is 4.04. The summed E-state index contributed by atoms with van der Waals surface area (Å²) in [6.45, 7) is 2.94. The van der Waals surface area contributed by atoms with E-state index >= 15 is 0 Å². The van der Waals surface area contributed by atoms with Crippen LogP contribution in [0.2, 0.25) is 0 Å². The van der Waals surface area contributed by atoms with Gasteiger partial charge in [-0.1, -0.05) is 0 Å². The molecule has 7 nitrogen and oxygen atoms in total. The zero-order valence-electron chi connectivity index (χ0n) is 10.3. The van der Waals surface area contributed by atoms with Crippen molar-refractivity contribution in [2.75, 3.05) is 23.8 Å². The van der Waals surface area contributed by atoms with E-state index in [-0.39, 0.29) is 12.0 Å². The van der Waals surface area contributed by atoms with Gasteiger partial charge in [-0.25, -0.2) is 0 Å². The Morgan fingerprint density at radius 1 is 1.44 bits per heavy atom. The number of rotatable bonds is 6. The molecule has 0 amide bonds. The fraction of sp³-hybridized carbons (Fsp3) is 0.636. The van der Waals surface area contributed by atoms with Crippen molar-refractivity contribution in [2.24, 2.45) is 0 Å². The van der Waals surface area contributed by atoms with Gasteiger partial charge in [0.05, 0.1) is 19.1 Å². The van der Waals surface area contributed by atoms with Gasteiger partial charge in [0.25, 0.3) is 0 Å². The molecule has 1 aliphatic carbocycles. The van der Waals surface area contributed by atoms with E-state index in [1.165, 1.54) is 0 Å². The average Bonchev–Trinajstić information content (AvgIpc) is 3.14. The molecule has 0 saturated heterocycles. The van der Waals surface area contributed by atoms with Crippen LogP contribution in [0.5, 0.6) is 6.01 Å². The first-order chi connectivity index (χ1) is 8.74. The first kappa shape index (κ1) is 12.4. The number of ether oxygens (including phenoxy) is 1. The van der Waals surface area contributed by atoms with Crippen LogP contribution in [-0.4, -0.2) is 34.1 Å². The molecule has 0 bridgehead atoms. The van der Waals surface area contributed by atoms with E-state index in [0.717, 1.165) is 12.8 Å². The maximum Gasteiger partial charge on any atom is 0.323 e. The molecule has 2 N–H and O–H groups in total. The monoisotopic (exact) mass is 248 g/mol. The maximum absolute atomic E-state index is 8.68. The number of hydrogen-bond donors (Lipinski definition) is 1. The summed E-state index contributed by atoms with van der Waals surface area (Å²) in [5.74, 6) is 0.648. The van der Waals surface area contributed by atoms with E-state index in [1.807, 2.05) is 11.8 Å². The molecule has 7 heteroatoms. The van der Waals surface area contributed by atoms with Crippen LogP contribution in [0.1, 0.15) is 26.2 Å². The van der Waals surface area contributed by atoms with Crippen molar-refractivity contribution in [1.82, 2.24) is 15.0 Å². The van der Waals surface area contributed by atoms with Crippen LogP contribution in [0.15, 0.2) is 0 Å². The average molecular weight is 248 g/mol. The first-order valence-corrected chi connectivity index (χ1v) is 6.02. The van der Waals surface area contributed by atoms with Gasteiger partial charge in [-0.3, -0.25) is 0 Å². The Kier molecular flexibility index (Phi) is 3.77. The molecule has 0 atom stereocenters. The van der Waals surface area contributed by atoms with Crippen molar-refractivity contribution in [2.45, 2.75) is 32.2 Å². The van der Waals surface area contributed by atoms with E-state index in [1.54, 1.807) is 0 Å². The maximum atomic E-state index is 8.68. The number of nitrogen functional groups attached to an aromatic ring is 1. The molecule has 1 heterocycles. The molecule has 1 fully saturated rings. The molecular formula is C11H16N6O. The van der Waals surface area contributed by atoms with Crippen LogP contribution in [0, 0.1) is 11.3 Å². The zero-order chi connectivity index (χ0) is 13.0. The van der Waals surface area contributed by atoms with E-state index in [2.05, 4.69) is 21.0 Å². The summed E-state index contributed by atoms with van der Waals surface area (Å²) >= 11 is 0. The molecule has 1 aromatic heterocycles. The minimum absolute atomic E-state index is 0.144. The van der Waals surface area contributed by atoms with Gasteiger partial charge in [0.15, 0.2) is 0 Å². The highest BCUT2D eigenvalue weighted by Crippen LogP contribution is 2.30. The summed E-state index contributed by atoms with van der Waals surface area (Å²) in [5, 5.41) is 8.68. The van der Waals surface area contributed by atoms with Crippen molar-refractivity contribution in [3.8, 4) is 12.1 Å². The summed E-state index contributed by atoms with van der Waals surface area (Å²) < 4.78 is 5.25. The Hall–Kier alpha value is -2.10. The molecule has 0 aliphatic heterocycles. The van der Waals surface area contributed by atoms with Gasteiger partial charge in [0.1, 0.15) is 0 Å². The van der Waals surface area contributed by atoms with E-state index in [9.17, 15) is 0 Å². The minimum Gasteiger partial charge on any atom is -0.464 e. The lowest BCUT2D eigenvalue weighted by atomic mass is 10.4. The molecule has 0 aromatic carbocycles. The lowest BCUT2D eigenvalue weighted by Gasteiger charge is -2.21. The van der Waals surface area contributed by atoms with E-state index in [0.29, 0.717) is 31.6 Å². The van der Waals surface area contributed by atoms with Crippen LogP contribution >= 0.6 is 0 Å². The summed E-state index contributed by atoms with van der Waals surface area (Å²) in [5.41, 5.74) is 5.64. The van der Waals surface area contributed by atoms with Crippen molar-refractivity contribution in [3.05, 3.63) is 0 Å². The van der Waals surface area contributed by atoms with Crippen LogP contribution in [0.3, 0.4) is 0 Å². The Morgan fingerprint density at radius 2 is 2.22 bits per heavy atom. The molecule has 0 spiro atoms. The third-order valence-electron chi connectivity index (χ3n) is 2.60. The van der Waals surface area contributed by atoms with Crippen molar-refractivity contribution < 1.29 is 4.74 Å². The van der Waals surface area contributed by atoms with Gasteiger partial charge < -0.3 is 15.4 Å². The number of anilines is 2. The minimum atomic E-state index is 0.144. The molecule has 0 unspecified atom stereocenters. The van der Waals surface area contributed by atoms with E-state index < -0.39 is 0 Å². The quantitative estimate of drug-likeness (QED) is 0.792. The topological polar surface area (TPSA) is 101 Å². The van der Waals surface area contributed by atoms with Gasteiger partial charge >= 0.3 is 6.01 Å². The van der Waals surface area contributed by atoms with Gasteiger partial charge in [-0.15, -0.1) is 0 Å². The summed E-state index contributed by atoms with van der Waals surface area (Å²) in [7, 11) is 0. The molecular weight excluding hydrogens is 232 g/mol. The van der Waals surface area contributed by atoms with Crippen LogP contribution in [-0.2, 0) is 0 Å². The summed E-state index contributed by atoms with van der Waals surface area (Å²) in [4.78, 5) is 14.3. The van der Waals surface area contributed by atoms with Crippen LogP contribution in [0.25, 0.3) is 0 Å². The Bertz CT molecular complexity index is 453. The number of nitriles is 1. The highest BCUT2D eigenvalue weighted by atomic mass is 16.5. The number of aromatic nitrogens is 3. The third-order valence-corrected chi connectivity index (χ3v) is 2.60. The Morgan fingerprint density at radius 3 is 2.83 bits per heavy atom. The summed E-state index contributed by atoms with van der Waals surface area (Å²) in [6.07, 6.45) is 2.63. The first-order valence-electron chi connectivity index (χ1n) is 6.02. The zero-order valence-corrected chi connectivity index (χ0v) is 10.3. The molecule has 96 valence electrons. The smallest absolute Gasteiger partial charge is 0.323 e. The molecule has 1 aliphatic rings. The second kappa shape index (κ2) is 5.49. The lowest BCUT2D eigenvalue weighted by Crippen LogP contribution is -2.29. The van der Waals surface area contributed by atoms with Gasteiger partial charge in [0, 0.05) is 12.6 Å². The van der Waals surface area contributed by atoms with Crippen molar-refractivity contribution in [1.29, 1.82) is 5.26 Å². The number of nitrogens with zero attached hydrogens (tertiary/aromatic N) is 5.